The summed E-state index contributed by atoms with van der Waals surface area (Å²) in [6.45, 7) is 4.35. The second-order valence-corrected chi connectivity index (χ2v) is 2.51. The highest BCUT2D eigenvalue weighted by Crippen LogP contribution is 2.11. The maximum Gasteiger partial charge on any atom is 0.124 e. The highest BCUT2D eigenvalue weighted by Gasteiger charge is 1.97. The van der Waals surface area contributed by atoms with Gasteiger partial charge in [0.05, 0.1) is 12.8 Å². The van der Waals surface area contributed by atoms with Crippen molar-refractivity contribution in [2.45, 2.75) is 6.61 Å². The Labute approximate surface area is 83.1 Å². The molecule has 0 saturated carbocycles. The molecule has 0 saturated heterocycles. The van der Waals surface area contributed by atoms with Crippen molar-refractivity contribution in [1.29, 1.82) is 0 Å². The standard InChI is InChI=1S/C10H13NO3/c1-3-6-13-10-4-5-11-9(7-10)8-14-12-2/h3-5,7H,1,6,8H2,2H3. The summed E-state index contributed by atoms with van der Waals surface area (Å²) in [6, 6.07) is 3.57. The minimum Gasteiger partial charge on any atom is -0.489 e. The number of aromatic nitrogens is 1. The third-order valence-electron chi connectivity index (χ3n) is 1.48. The zero-order valence-electron chi connectivity index (χ0n) is 8.10. The summed E-state index contributed by atoms with van der Waals surface area (Å²) < 4.78 is 5.32. The molecular formula is C10H13NO3. The number of ether oxygens (including phenoxy) is 1. The van der Waals surface area contributed by atoms with Crippen molar-refractivity contribution < 1.29 is 14.5 Å². The van der Waals surface area contributed by atoms with Crippen molar-refractivity contribution in [3.05, 3.63) is 36.7 Å². The van der Waals surface area contributed by atoms with Gasteiger partial charge in [-0.1, -0.05) is 12.7 Å². The van der Waals surface area contributed by atoms with E-state index in [1.807, 2.05) is 0 Å². The van der Waals surface area contributed by atoms with E-state index in [0.717, 1.165) is 11.4 Å². The van der Waals surface area contributed by atoms with Gasteiger partial charge in [0.25, 0.3) is 0 Å². The predicted molar refractivity (Wildman–Crippen MR) is 51.7 cm³/mol. The molecule has 0 bridgehead atoms. The van der Waals surface area contributed by atoms with Crippen LogP contribution in [0.15, 0.2) is 31.0 Å². The molecule has 0 aromatic carbocycles. The largest absolute Gasteiger partial charge is 0.489 e. The second-order valence-electron chi connectivity index (χ2n) is 2.51. The molecule has 1 rings (SSSR count). The molecule has 0 N–H and O–H groups in total. The zero-order valence-corrected chi connectivity index (χ0v) is 8.10. The fraction of sp³-hybridized carbons (Fsp3) is 0.300. The smallest absolute Gasteiger partial charge is 0.124 e. The van der Waals surface area contributed by atoms with E-state index in [-0.39, 0.29) is 0 Å². The summed E-state index contributed by atoms with van der Waals surface area (Å²) in [5.74, 6) is 0.745. The molecule has 0 aliphatic heterocycles. The molecule has 0 amide bonds. The van der Waals surface area contributed by atoms with Gasteiger partial charge in [0.1, 0.15) is 19.0 Å². The van der Waals surface area contributed by atoms with Gasteiger partial charge in [-0.25, -0.2) is 9.78 Å². The molecule has 0 unspecified atom stereocenters. The summed E-state index contributed by atoms with van der Waals surface area (Å²) in [5.41, 5.74) is 0.758. The molecule has 4 heteroatoms. The summed E-state index contributed by atoms with van der Waals surface area (Å²) in [6.07, 6.45) is 3.35. The van der Waals surface area contributed by atoms with Gasteiger partial charge in [0, 0.05) is 12.3 Å². The van der Waals surface area contributed by atoms with E-state index >= 15 is 0 Å². The molecule has 0 spiro atoms. The summed E-state index contributed by atoms with van der Waals surface area (Å²) in [7, 11) is 1.46. The van der Waals surface area contributed by atoms with Gasteiger partial charge in [-0.05, 0) is 6.07 Å². The van der Waals surface area contributed by atoms with Gasteiger partial charge in [-0.3, -0.25) is 4.98 Å². The highest BCUT2D eigenvalue weighted by molar-refractivity contribution is 5.22. The van der Waals surface area contributed by atoms with E-state index in [4.69, 9.17) is 9.62 Å². The normalized spacial score (nSPS) is 9.79. The number of hydrogen-bond acceptors (Lipinski definition) is 4. The van der Waals surface area contributed by atoms with Gasteiger partial charge in [0.15, 0.2) is 0 Å². The Morgan fingerprint density at radius 3 is 3.14 bits per heavy atom. The fourth-order valence-corrected chi connectivity index (χ4v) is 0.899. The Morgan fingerprint density at radius 1 is 1.57 bits per heavy atom. The van der Waals surface area contributed by atoms with Crippen LogP contribution in [0, 0.1) is 0 Å². The van der Waals surface area contributed by atoms with Gasteiger partial charge in [-0.15, -0.1) is 0 Å². The molecule has 4 nitrogen and oxygen atoms in total. The quantitative estimate of drug-likeness (QED) is 0.393. The minimum absolute atomic E-state index is 0.307. The van der Waals surface area contributed by atoms with Crippen LogP contribution >= 0.6 is 0 Å². The topological polar surface area (TPSA) is 40.6 Å². The molecule has 14 heavy (non-hydrogen) atoms. The van der Waals surface area contributed by atoms with Gasteiger partial charge in [0.2, 0.25) is 0 Å². The predicted octanol–water partition coefficient (Wildman–Crippen LogP) is 1.72. The lowest BCUT2D eigenvalue weighted by Crippen LogP contribution is -1.97. The van der Waals surface area contributed by atoms with Gasteiger partial charge < -0.3 is 4.74 Å². The first-order valence-electron chi connectivity index (χ1n) is 4.21. The molecule has 1 aromatic rings. The van der Waals surface area contributed by atoms with E-state index < -0.39 is 0 Å². The van der Waals surface area contributed by atoms with Gasteiger partial charge in [-0.2, -0.15) is 0 Å². The molecule has 1 heterocycles. The molecule has 0 fully saturated rings. The van der Waals surface area contributed by atoms with Crippen LogP contribution in [-0.2, 0) is 16.4 Å². The van der Waals surface area contributed by atoms with Crippen molar-refractivity contribution in [3.8, 4) is 5.75 Å². The Hall–Kier alpha value is -1.39. The Kier molecular flexibility index (Phi) is 4.68. The van der Waals surface area contributed by atoms with Crippen LogP contribution < -0.4 is 4.74 Å². The van der Waals surface area contributed by atoms with Crippen LogP contribution in [0.1, 0.15) is 5.69 Å². The van der Waals surface area contributed by atoms with Gasteiger partial charge >= 0.3 is 0 Å². The number of rotatable bonds is 6. The fourth-order valence-electron chi connectivity index (χ4n) is 0.899. The van der Waals surface area contributed by atoms with Crippen LogP contribution in [-0.4, -0.2) is 18.7 Å². The lowest BCUT2D eigenvalue weighted by molar-refractivity contribution is -0.282. The highest BCUT2D eigenvalue weighted by atomic mass is 17.2. The zero-order chi connectivity index (χ0) is 10.2. The molecule has 0 aliphatic rings. The SMILES string of the molecule is C=CCOc1ccnc(COOC)c1. The van der Waals surface area contributed by atoms with Crippen molar-refractivity contribution in [3.63, 3.8) is 0 Å². The molecule has 76 valence electrons. The van der Waals surface area contributed by atoms with E-state index in [1.54, 1.807) is 24.4 Å². The first-order chi connectivity index (χ1) is 6.86. The first-order valence-corrected chi connectivity index (χ1v) is 4.21. The maximum atomic E-state index is 5.32. The van der Waals surface area contributed by atoms with Crippen molar-refractivity contribution in [2.24, 2.45) is 0 Å². The monoisotopic (exact) mass is 195 g/mol. The van der Waals surface area contributed by atoms with E-state index in [2.05, 4.69) is 16.5 Å². The average Bonchev–Trinajstić information content (AvgIpc) is 2.24. The Balaban J connectivity index is 2.54. The van der Waals surface area contributed by atoms with Crippen molar-refractivity contribution >= 4 is 0 Å². The lowest BCUT2D eigenvalue weighted by atomic mass is 10.3. The molecule has 0 atom stereocenters. The van der Waals surface area contributed by atoms with E-state index in [9.17, 15) is 0 Å². The van der Waals surface area contributed by atoms with Crippen LogP contribution in [0.2, 0.25) is 0 Å². The number of nitrogens with zero attached hydrogens (tertiary/aromatic N) is 1. The first kappa shape index (κ1) is 10.7. The van der Waals surface area contributed by atoms with Crippen LogP contribution in [0.3, 0.4) is 0 Å². The number of pyridine rings is 1. The molecule has 0 aliphatic carbocycles. The average molecular weight is 195 g/mol. The third-order valence-corrected chi connectivity index (χ3v) is 1.48. The Morgan fingerprint density at radius 2 is 2.43 bits per heavy atom. The second kappa shape index (κ2) is 6.12. The molecule has 0 radical (unpaired) electrons. The number of hydrogen-bond donors (Lipinski definition) is 0. The van der Waals surface area contributed by atoms with E-state index in [0.29, 0.717) is 13.2 Å². The summed E-state index contributed by atoms with van der Waals surface area (Å²) in [4.78, 5) is 13.3. The maximum absolute atomic E-state index is 5.32. The van der Waals surface area contributed by atoms with Crippen molar-refractivity contribution in [1.82, 2.24) is 4.98 Å². The minimum atomic E-state index is 0.307. The molecule has 1 aromatic heterocycles. The molecular weight excluding hydrogens is 182 g/mol. The van der Waals surface area contributed by atoms with Crippen LogP contribution in [0.25, 0.3) is 0 Å². The van der Waals surface area contributed by atoms with Crippen molar-refractivity contribution in [2.75, 3.05) is 13.7 Å². The summed E-state index contributed by atoms with van der Waals surface area (Å²) in [5, 5.41) is 0. The summed E-state index contributed by atoms with van der Waals surface area (Å²) >= 11 is 0. The Bertz CT molecular complexity index is 288. The van der Waals surface area contributed by atoms with E-state index in [1.165, 1.54) is 7.11 Å². The lowest BCUT2D eigenvalue weighted by Gasteiger charge is -2.04. The van der Waals surface area contributed by atoms with Crippen LogP contribution in [0.5, 0.6) is 5.75 Å². The van der Waals surface area contributed by atoms with Crippen LogP contribution in [0.4, 0.5) is 0 Å². The third kappa shape index (κ3) is 3.55.